The minimum absolute atomic E-state index is 0.0619. The van der Waals surface area contributed by atoms with E-state index >= 15 is 0 Å². The van der Waals surface area contributed by atoms with Crippen molar-refractivity contribution in [3.8, 4) is 0 Å². The fourth-order valence-electron chi connectivity index (χ4n) is 1.99. The molecule has 6 nitrogen and oxygen atoms in total. The van der Waals surface area contributed by atoms with E-state index in [4.69, 9.17) is 5.73 Å². The van der Waals surface area contributed by atoms with Crippen molar-refractivity contribution in [2.24, 2.45) is 0 Å². The van der Waals surface area contributed by atoms with Crippen LogP contribution in [0, 0.1) is 0 Å². The van der Waals surface area contributed by atoms with Gasteiger partial charge in [0, 0.05) is 22.1 Å². The Hall–Kier alpha value is -2.50. The molecular weight excluding hydrogens is 268 g/mol. The highest BCUT2D eigenvalue weighted by Gasteiger charge is 2.15. The fourth-order valence-corrected chi connectivity index (χ4v) is 1.99. The molecule has 2 aromatic rings. The number of fused-ring (bicyclic) bond motifs is 1. The van der Waals surface area contributed by atoms with Crippen LogP contribution in [0.15, 0.2) is 24.3 Å². The Kier molecular flexibility index (Phi) is 3.88. The van der Waals surface area contributed by atoms with E-state index < -0.39 is 0 Å². The van der Waals surface area contributed by atoms with Gasteiger partial charge in [-0.1, -0.05) is 0 Å². The first-order valence-electron chi connectivity index (χ1n) is 6.72. The molecule has 112 valence electrons. The Morgan fingerprint density at radius 1 is 1.24 bits per heavy atom. The van der Waals surface area contributed by atoms with E-state index in [1.54, 1.807) is 18.2 Å². The third-order valence-corrected chi connectivity index (χ3v) is 2.81. The van der Waals surface area contributed by atoms with E-state index in [-0.39, 0.29) is 23.9 Å². The maximum Gasteiger partial charge on any atom is 0.268 e. The monoisotopic (exact) mass is 288 g/mol. The van der Waals surface area contributed by atoms with Gasteiger partial charge >= 0.3 is 0 Å². The molecule has 0 saturated carbocycles. The van der Waals surface area contributed by atoms with Crippen LogP contribution < -0.4 is 16.4 Å². The van der Waals surface area contributed by atoms with Crippen LogP contribution in [-0.4, -0.2) is 28.9 Å². The number of nitrogens with two attached hydrogens (primary N) is 1. The van der Waals surface area contributed by atoms with Gasteiger partial charge in [-0.3, -0.25) is 9.59 Å². The van der Waals surface area contributed by atoms with E-state index in [2.05, 4.69) is 15.6 Å². The molecule has 0 fully saturated rings. The highest BCUT2D eigenvalue weighted by molar-refractivity contribution is 5.99. The number of rotatable bonds is 3. The Bertz CT molecular complexity index is 683. The number of hydrogen-bond acceptors (Lipinski definition) is 3. The van der Waals surface area contributed by atoms with Gasteiger partial charge in [0.25, 0.3) is 5.91 Å². The molecule has 0 spiro atoms. The van der Waals surface area contributed by atoms with Crippen LogP contribution in [0.5, 0.6) is 0 Å². The predicted octanol–water partition coefficient (Wildman–Crippen LogP) is 1.39. The van der Waals surface area contributed by atoms with Crippen LogP contribution in [0.2, 0.25) is 0 Å². The summed E-state index contributed by atoms with van der Waals surface area (Å²) in [6.45, 7) is 5.59. The second-order valence-corrected chi connectivity index (χ2v) is 6.01. The summed E-state index contributed by atoms with van der Waals surface area (Å²) in [7, 11) is 0. The molecule has 0 radical (unpaired) electrons. The Balaban J connectivity index is 2.01. The minimum atomic E-state index is -0.325. The van der Waals surface area contributed by atoms with Gasteiger partial charge in [-0.05, 0) is 45.0 Å². The summed E-state index contributed by atoms with van der Waals surface area (Å²) in [5.74, 6) is -0.551. The van der Waals surface area contributed by atoms with E-state index in [0.29, 0.717) is 11.4 Å². The summed E-state index contributed by atoms with van der Waals surface area (Å²) in [4.78, 5) is 26.7. The number of aromatic amines is 1. The maximum absolute atomic E-state index is 12.0. The van der Waals surface area contributed by atoms with Crippen molar-refractivity contribution >= 4 is 28.4 Å². The summed E-state index contributed by atoms with van der Waals surface area (Å²) in [5, 5.41) is 6.22. The van der Waals surface area contributed by atoms with E-state index in [0.717, 1.165) is 10.9 Å². The van der Waals surface area contributed by atoms with Crippen LogP contribution in [0.4, 0.5) is 5.69 Å². The third-order valence-electron chi connectivity index (χ3n) is 2.81. The summed E-state index contributed by atoms with van der Waals surface area (Å²) in [6.07, 6.45) is 0. The lowest BCUT2D eigenvalue weighted by Gasteiger charge is -2.20. The van der Waals surface area contributed by atoms with Crippen LogP contribution in [0.3, 0.4) is 0 Å². The lowest BCUT2D eigenvalue weighted by molar-refractivity contribution is -0.121. The van der Waals surface area contributed by atoms with Crippen molar-refractivity contribution in [2.45, 2.75) is 26.3 Å². The Morgan fingerprint density at radius 3 is 2.62 bits per heavy atom. The number of H-pyrrole nitrogens is 1. The molecule has 1 aromatic carbocycles. The number of benzene rings is 1. The number of nitrogen functional groups attached to an aromatic ring is 1. The average Bonchev–Trinajstić information content (AvgIpc) is 2.76. The summed E-state index contributed by atoms with van der Waals surface area (Å²) >= 11 is 0. The standard InChI is InChI=1S/C15H20N4O2/c1-15(2,3)19-13(20)8-17-14(21)12-7-9-6-10(16)4-5-11(9)18-12/h4-7,18H,8,16H2,1-3H3,(H,17,21)(H,19,20). The fraction of sp³-hybridized carbons (Fsp3) is 0.333. The van der Waals surface area contributed by atoms with Crippen molar-refractivity contribution < 1.29 is 9.59 Å². The molecule has 5 N–H and O–H groups in total. The maximum atomic E-state index is 12.0. The van der Waals surface area contributed by atoms with Crippen LogP contribution in [0.1, 0.15) is 31.3 Å². The first kappa shape index (κ1) is 14.9. The molecule has 2 amide bonds. The van der Waals surface area contributed by atoms with Gasteiger partial charge in [0.05, 0.1) is 6.54 Å². The molecule has 0 unspecified atom stereocenters. The normalized spacial score (nSPS) is 11.4. The molecule has 0 aliphatic rings. The van der Waals surface area contributed by atoms with Crippen LogP contribution in [0.25, 0.3) is 10.9 Å². The van der Waals surface area contributed by atoms with Crippen molar-refractivity contribution in [3.05, 3.63) is 30.0 Å². The highest BCUT2D eigenvalue weighted by atomic mass is 16.2. The van der Waals surface area contributed by atoms with Crippen molar-refractivity contribution in [2.75, 3.05) is 12.3 Å². The molecule has 0 aliphatic heterocycles. The molecule has 0 aliphatic carbocycles. The van der Waals surface area contributed by atoms with Gasteiger partial charge < -0.3 is 21.4 Å². The van der Waals surface area contributed by atoms with Crippen LogP contribution in [-0.2, 0) is 4.79 Å². The second kappa shape index (κ2) is 5.47. The van der Waals surface area contributed by atoms with Gasteiger partial charge in [0.15, 0.2) is 0 Å². The Labute approximate surface area is 123 Å². The number of amides is 2. The lowest BCUT2D eigenvalue weighted by Crippen LogP contribution is -2.45. The highest BCUT2D eigenvalue weighted by Crippen LogP contribution is 2.18. The third kappa shape index (κ3) is 3.98. The molecule has 0 atom stereocenters. The summed E-state index contributed by atoms with van der Waals surface area (Å²) in [5.41, 5.74) is 7.25. The van der Waals surface area contributed by atoms with Crippen molar-refractivity contribution in [1.82, 2.24) is 15.6 Å². The number of carbonyl (C=O) groups is 2. The van der Waals surface area contributed by atoms with Gasteiger partial charge in [0.2, 0.25) is 5.91 Å². The number of carbonyl (C=O) groups excluding carboxylic acids is 2. The molecular formula is C15H20N4O2. The van der Waals surface area contributed by atoms with E-state index in [1.807, 2.05) is 26.8 Å². The lowest BCUT2D eigenvalue weighted by atomic mass is 10.1. The summed E-state index contributed by atoms with van der Waals surface area (Å²) in [6, 6.07) is 7.07. The first-order chi connectivity index (χ1) is 9.74. The number of anilines is 1. The second-order valence-electron chi connectivity index (χ2n) is 6.01. The predicted molar refractivity (Wildman–Crippen MR) is 82.9 cm³/mol. The molecule has 0 saturated heterocycles. The topological polar surface area (TPSA) is 100 Å². The van der Waals surface area contributed by atoms with E-state index in [1.165, 1.54) is 0 Å². The average molecular weight is 288 g/mol. The van der Waals surface area contributed by atoms with Gasteiger partial charge in [0.1, 0.15) is 5.69 Å². The molecule has 1 heterocycles. The Morgan fingerprint density at radius 2 is 1.95 bits per heavy atom. The zero-order chi connectivity index (χ0) is 15.6. The van der Waals surface area contributed by atoms with Gasteiger partial charge in [-0.15, -0.1) is 0 Å². The van der Waals surface area contributed by atoms with Gasteiger partial charge in [-0.2, -0.15) is 0 Å². The summed E-state index contributed by atoms with van der Waals surface area (Å²) < 4.78 is 0. The number of nitrogens with one attached hydrogen (secondary N) is 3. The molecule has 0 bridgehead atoms. The van der Waals surface area contributed by atoms with E-state index in [9.17, 15) is 9.59 Å². The number of hydrogen-bond donors (Lipinski definition) is 4. The largest absolute Gasteiger partial charge is 0.399 e. The van der Waals surface area contributed by atoms with Crippen molar-refractivity contribution in [1.29, 1.82) is 0 Å². The zero-order valence-electron chi connectivity index (χ0n) is 12.4. The zero-order valence-corrected chi connectivity index (χ0v) is 12.4. The quantitative estimate of drug-likeness (QED) is 0.642. The molecule has 1 aromatic heterocycles. The molecule has 21 heavy (non-hydrogen) atoms. The first-order valence-corrected chi connectivity index (χ1v) is 6.72. The SMILES string of the molecule is CC(C)(C)NC(=O)CNC(=O)c1cc2cc(N)ccc2[nH]1. The minimum Gasteiger partial charge on any atom is -0.399 e. The smallest absolute Gasteiger partial charge is 0.268 e. The van der Waals surface area contributed by atoms with Crippen LogP contribution >= 0.6 is 0 Å². The van der Waals surface area contributed by atoms with Gasteiger partial charge in [-0.25, -0.2) is 0 Å². The number of aromatic nitrogens is 1. The molecule has 2 rings (SSSR count). The van der Waals surface area contributed by atoms with Crippen molar-refractivity contribution in [3.63, 3.8) is 0 Å². The molecule has 6 heteroatoms.